The number of nitrogens with zero attached hydrogens (tertiary/aromatic N) is 1. The maximum absolute atomic E-state index is 12.5. The van der Waals surface area contributed by atoms with Gasteiger partial charge in [-0.3, -0.25) is 4.79 Å². The molecule has 1 aliphatic carbocycles. The molecule has 0 aromatic heterocycles. The van der Waals surface area contributed by atoms with E-state index in [0.717, 1.165) is 12.0 Å². The fourth-order valence-electron chi connectivity index (χ4n) is 3.36. The number of methoxy groups -OCH3 is 1. The van der Waals surface area contributed by atoms with Crippen LogP contribution in [-0.2, 0) is 11.3 Å². The summed E-state index contributed by atoms with van der Waals surface area (Å²) in [5.41, 5.74) is 0.727. The third-order valence-corrected chi connectivity index (χ3v) is 4.78. The van der Waals surface area contributed by atoms with Crippen molar-refractivity contribution in [3.63, 3.8) is 0 Å². The lowest BCUT2D eigenvalue weighted by Gasteiger charge is -2.23. The Labute approximate surface area is 148 Å². The highest BCUT2D eigenvalue weighted by molar-refractivity contribution is 5.75. The van der Waals surface area contributed by atoms with Gasteiger partial charge in [0.05, 0.1) is 7.11 Å². The van der Waals surface area contributed by atoms with Crippen molar-refractivity contribution in [1.29, 1.82) is 0 Å². The molecule has 0 radical (unpaired) electrons. The number of halogens is 2. The molecule has 0 aliphatic heterocycles. The first-order valence-electron chi connectivity index (χ1n) is 8.85. The van der Waals surface area contributed by atoms with Crippen molar-refractivity contribution in [3.05, 3.63) is 23.8 Å². The Bertz CT molecular complexity index is 560. The van der Waals surface area contributed by atoms with Gasteiger partial charge in [0.25, 0.3) is 0 Å². The van der Waals surface area contributed by atoms with Crippen LogP contribution in [0.5, 0.6) is 11.5 Å². The Morgan fingerprint density at radius 2 is 1.96 bits per heavy atom. The number of amides is 1. The number of carbonyl (C=O) groups excluding carboxylic acids is 1. The number of hydrogen-bond acceptors (Lipinski definition) is 3. The molecular formula is C19H27F2NO3. The van der Waals surface area contributed by atoms with Gasteiger partial charge in [-0.25, -0.2) is 0 Å². The summed E-state index contributed by atoms with van der Waals surface area (Å²) < 4.78 is 34.5. The minimum absolute atomic E-state index is 0.0157. The summed E-state index contributed by atoms with van der Waals surface area (Å²) in [4.78, 5) is 14.0. The Morgan fingerprint density at radius 1 is 1.24 bits per heavy atom. The normalized spacial score (nSPS) is 15.2. The third-order valence-electron chi connectivity index (χ3n) is 4.78. The summed E-state index contributed by atoms with van der Waals surface area (Å²) in [5.74, 6) is 0.976. The number of benzene rings is 1. The zero-order valence-corrected chi connectivity index (χ0v) is 15.0. The van der Waals surface area contributed by atoms with E-state index in [0.29, 0.717) is 18.9 Å². The summed E-state index contributed by atoms with van der Waals surface area (Å²) in [6.45, 7) is -2.56. The molecule has 0 bridgehead atoms. The smallest absolute Gasteiger partial charge is 0.387 e. The first-order valence-corrected chi connectivity index (χ1v) is 8.85. The van der Waals surface area contributed by atoms with Gasteiger partial charge < -0.3 is 14.4 Å². The minimum Gasteiger partial charge on any atom is -0.493 e. The number of rotatable bonds is 8. The van der Waals surface area contributed by atoms with E-state index in [9.17, 15) is 13.6 Å². The van der Waals surface area contributed by atoms with Crippen LogP contribution in [0.3, 0.4) is 0 Å². The molecule has 1 aliphatic rings. The summed E-state index contributed by atoms with van der Waals surface area (Å²) in [5, 5.41) is 0. The molecule has 2 rings (SSSR count). The van der Waals surface area contributed by atoms with Crippen LogP contribution in [0.4, 0.5) is 8.78 Å². The van der Waals surface area contributed by atoms with Gasteiger partial charge in [-0.15, -0.1) is 0 Å². The molecule has 1 saturated carbocycles. The van der Waals surface area contributed by atoms with Crippen molar-refractivity contribution < 1.29 is 23.0 Å². The lowest BCUT2D eigenvalue weighted by atomic mass is 9.86. The third kappa shape index (κ3) is 6.18. The van der Waals surface area contributed by atoms with E-state index >= 15 is 0 Å². The van der Waals surface area contributed by atoms with E-state index in [1.807, 2.05) is 0 Å². The number of carbonyl (C=O) groups is 1. The highest BCUT2D eigenvalue weighted by atomic mass is 19.3. The lowest BCUT2D eigenvalue weighted by molar-refractivity contribution is -0.130. The van der Waals surface area contributed by atoms with Crippen LogP contribution in [-0.4, -0.2) is 31.6 Å². The van der Waals surface area contributed by atoms with Crippen molar-refractivity contribution in [3.8, 4) is 11.5 Å². The lowest BCUT2D eigenvalue weighted by Crippen LogP contribution is -2.26. The Balaban J connectivity index is 1.89. The molecule has 1 aromatic rings. The number of ether oxygens (including phenoxy) is 2. The number of alkyl halides is 2. The van der Waals surface area contributed by atoms with E-state index in [-0.39, 0.29) is 17.4 Å². The second kappa shape index (κ2) is 9.59. The van der Waals surface area contributed by atoms with Gasteiger partial charge in [0.1, 0.15) is 0 Å². The predicted octanol–water partition coefficient (Wildman–Crippen LogP) is 4.62. The molecule has 0 saturated heterocycles. The van der Waals surface area contributed by atoms with E-state index in [1.165, 1.54) is 45.3 Å². The van der Waals surface area contributed by atoms with Crippen LogP contribution in [0.2, 0.25) is 0 Å². The molecule has 1 amide bonds. The van der Waals surface area contributed by atoms with Crippen LogP contribution in [0.1, 0.15) is 50.5 Å². The topological polar surface area (TPSA) is 38.8 Å². The van der Waals surface area contributed by atoms with E-state index < -0.39 is 6.61 Å². The van der Waals surface area contributed by atoms with Gasteiger partial charge in [0, 0.05) is 20.0 Å². The largest absolute Gasteiger partial charge is 0.493 e. The predicted molar refractivity (Wildman–Crippen MR) is 91.9 cm³/mol. The Kier molecular flexibility index (Phi) is 7.47. The van der Waals surface area contributed by atoms with E-state index in [2.05, 4.69) is 4.74 Å². The molecule has 4 nitrogen and oxygen atoms in total. The average molecular weight is 355 g/mol. The van der Waals surface area contributed by atoms with Gasteiger partial charge >= 0.3 is 6.61 Å². The Morgan fingerprint density at radius 3 is 2.60 bits per heavy atom. The highest BCUT2D eigenvalue weighted by Gasteiger charge is 2.17. The van der Waals surface area contributed by atoms with Gasteiger partial charge in [-0.05, 0) is 30.0 Å². The zero-order chi connectivity index (χ0) is 18.2. The van der Waals surface area contributed by atoms with Crippen molar-refractivity contribution in [1.82, 2.24) is 4.90 Å². The van der Waals surface area contributed by atoms with Crippen molar-refractivity contribution in [2.24, 2.45) is 5.92 Å². The van der Waals surface area contributed by atoms with Crippen LogP contribution in [0, 0.1) is 5.92 Å². The van der Waals surface area contributed by atoms with E-state index in [4.69, 9.17) is 4.74 Å². The number of hydrogen-bond donors (Lipinski definition) is 0. The first kappa shape index (κ1) is 19.5. The van der Waals surface area contributed by atoms with Gasteiger partial charge in [-0.1, -0.05) is 38.2 Å². The Hall–Kier alpha value is -1.85. The molecule has 0 heterocycles. The maximum Gasteiger partial charge on any atom is 0.387 e. The maximum atomic E-state index is 12.5. The monoisotopic (exact) mass is 355 g/mol. The molecule has 0 atom stereocenters. The fraction of sp³-hybridized carbons (Fsp3) is 0.632. The van der Waals surface area contributed by atoms with Crippen LogP contribution >= 0.6 is 0 Å². The second-order valence-electron chi connectivity index (χ2n) is 6.66. The van der Waals surface area contributed by atoms with E-state index in [1.54, 1.807) is 24.1 Å². The quantitative estimate of drug-likeness (QED) is 0.683. The SMILES string of the molecule is COc1ccc(CN(C)C(=O)CCC2CCCCC2)cc1OC(F)F. The van der Waals surface area contributed by atoms with Crippen molar-refractivity contribution in [2.45, 2.75) is 58.1 Å². The highest BCUT2D eigenvalue weighted by Crippen LogP contribution is 2.30. The van der Waals surface area contributed by atoms with Crippen LogP contribution in [0.15, 0.2) is 18.2 Å². The summed E-state index contributed by atoms with van der Waals surface area (Å²) in [6.07, 6.45) is 7.78. The molecule has 0 spiro atoms. The minimum atomic E-state index is -2.92. The molecule has 0 unspecified atom stereocenters. The molecule has 6 heteroatoms. The summed E-state index contributed by atoms with van der Waals surface area (Å²) in [7, 11) is 3.13. The fourth-order valence-corrected chi connectivity index (χ4v) is 3.36. The molecule has 140 valence electrons. The average Bonchev–Trinajstić information content (AvgIpc) is 2.60. The van der Waals surface area contributed by atoms with Gasteiger partial charge in [0.15, 0.2) is 11.5 Å². The standard InChI is InChI=1S/C19H27F2NO3/c1-22(18(23)11-9-14-6-4-3-5-7-14)13-15-8-10-16(24-2)17(12-15)25-19(20)21/h8,10,12,14,19H,3-7,9,11,13H2,1-2H3. The van der Waals surface area contributed by atoms with Gasteiger partial charge in [-0.2, -0.15) is 8.78 Å². The van der Waals surface area contributed by atoms with Crippen LogP contribution in [0.25, 0.3) is 0 Å². The van der Waals surface area contributed by atoms with Crippen molar-refractivity contribution in [2.75, 3.05) is 14.2 Å². The zero-order valence-electron chi connectivity index (χ0n) is 15.0. The first-order chi connectivity index (χ1) is 12.0. The molecule has 0 N–H and O–H groups in total. The summed E-state index contributed by atoms with van der Waals surface area (Å²) >= 11 is 0. The summed E-state index contributed by atoms with van der Waals surface area (Å²) in [6, 6.07) is 4.82. The molecule has 25 heavy (non-hydrogen) atoms. The second-order valence-corrected chi connectivity index (χ2v) is 6.66. The van der Waals surface area contributed by atoms with Crippen LogP contribution < -0.4 is 9.47 Å². The molecule has 1 fully saturated rings. The van der Waals surface area contributed by atoms with Crippen molar-refractivity contribution >= 4 is 5.91 Å². The van der Waals surface area contributed by atoms with Gasteiger partial charge in [0.2, 0.25) is 5.91 Å². The molecular weight excluding hydrogens is 328 g/mol. The molecule has 1 aromatic carbocycles.